The molecule has 0 bridgehead atoms. The lowest BCUT2D eigenvalue weighted by Crippen LogP contribution is -2.50. The Morgan fingerprint density at radius 1 is 1.35 bits per heavy atom. The number of ether oxygens (including phenoxy) is 1. The zero-order valence-corrected chi connectivity index (χ0v) is 10.4. The summed E-state index contributed by atoms with van der Waals surface area (Å²) in [6, 6.07) is 0.463. The maximum atomic E-state index is 13.7. The van der Waals surface area contributed by atoms with Crippen LogP contribution in [0, 0.1) is 0 Å². The molecule has 20 heavy (non-hydrogen) atoms. The second kappa shape index (κ2) is 4.76. The Morgan fingerprint density at radius 2 is 2.00 bits per heavy atom. The molecule has 1 aliphatic rings. The molecule has 1 atom stereocenters. The molecule has 0 aromatic heterocycles. The number of alkyl halides is 5. The standard InChI is InChI=1S/C11H7ClF5NO2/c12-6-3-1-2-5(11(15,16)17)7(6)8-10(13,14)4-20-9(19)18-8/h1-3,8H,4H2,(H,18,19)/t8-/m1/s1. The molecule has 1 amide bonds. The molecule has 1 aromatic rings. The van der Waals surface area contributed by atoms with Crippen molar-refractivity contribution in [3.8, 4) is 0 Å². The topological polar surface area (TPSA) is 38.3 Å². The number of carbonyl (C=O) groups excluding carboxylic acids is 1. The summed E-state index contributed by atoms with van der Waals surface area (Å²) in [6.45, 7) is -1.31. The van der Waals surface area contributed by atoms with Crippen LogP contribution in [0.1, 0.15) is 17.2 Å². The molecule has 0 saturated carbocycles. The van der Waals surface area contributed by atoms with E-state index in [1.807, 2.05) is 0 Å². The lowest BCUT2D eigenvalue weighted by atomic mass is 9.94. The number of hydrogen-bond donors (Lipinski definition) is 1. The summed E-state index contributed by atoms with van der Waals surface area (Å²) in [5.74, 6) is -3.71. The van der Waals surface area contributed by atoms with Gasteiger partial charge in [-0.2, -0.15) is 13.2 Å². The van der Waals surface area contributed by atoms with Crippen molar-refractivity contribution in [2.45, 2.75) is 18.1 Å². The van der Waals surface area contributed by atoms with Gasteiger partial charge in [0.2, 0.25) is 0 Å². The molecule has 0 spiro atoms. The minimum Gasteiger partial charge on any atom is -0.443 e. The highest BCUT2D eigenvalue weighted by Crippen LogP contribution is 2.44. The first-order valence-corrected chi connectivity index (χ1v) is 5.67. The van der Waals surface area contributed by atoms with E-state index in [0.717, 1.165) is 12.1 Å². The zero-order chi connectivity index (χ0) is 15.1. The van der Waals surface area contributed by atoms with Gasteiger partial charge in [0.1, 0.15) is 6.04 Å². The van der Waals surface area contributed by atoms with Gasteiger partial charge in [-0.05, 0) is 12.1 Å². The molecule has 1 fully saturated rings. The summed E-state index contributed by atoms with van der Waals surface area (Å²) in [4.78, 5) is 11.0. The molecule has 1 aromatic carbocycles. The maximum absolute atomic E-state index is 13.7. The van der Waals surface area contributed by atoms with Crippen LogP contribution in [0.5, 0.6) is 0 Å². The molecule has 1 N–H and O–H groups in total. The highest BCUT2D eigenvalue weighted by Gasteiger charge is 2.50. The molecule has 0 unspecified atom stereocenters. The fourth-order valence-electron chi connectivity index (χ4n) is 1.87. The average molecular weight is 316 g/mol. The van der Waals surface area contributed by atoms with Crippen molar-refractivity contribution in [3.05, 3.63) is 34.3 Å². The van der Waals surface area contributed by atoms with Crippen LogP contribution in [0.15, 0.2) is 18.2 Å². The van der Waals surface area contributed by atoms with E-state index in [1.54, 1.807) is 5.32 Å². The predicted octanol–water partition coefficient (Wildman–Crippen LogP) is 3.78. The normalized spacial score (nSPS) is 22.1. The number of cyclic esters (lactones) is 1. The Hall–Kier alpha value is -1.57. The van der Waals surface area contributed by atoms with Gasteiger partial charge in [-0.15, -0.1) is 0 Å². The molecule has 0 aliphatic carbocycles. The zero-order valence-electron chi connectivity index (χ0n) is 9.60. The van der Waals surface area contributed by atoms with E-state index in [2.05, 4.69) is 4.74 Å². The molecular weight excluding hydrogens is 309 g/mol. The highest BCUT2D eigenvalue weighted by molar-refractivity contribution is 6.31. The molecule has 3 nitrogen and oxygen atoms in total. The Bertz CT molecular complexity index is 546. The van der Waals surface area contributed by atoms with Gasteiger partial charge in [-0.1, -0.05) is 17.7 Å². The van der Waals surface area contributed by atoms with Crippen LogP contribution in [0.25, 0.3) is 0 Å². The van der Waals surface area contributed by atoms with Crippen LogP contribution < -0.4 is 5.32 Å². The number of amides is 1. The van der Waals surface area contributed by atoms with Gasteiger partial charge >= 0.3 is 18.2 Å². The molecular formula is C11H7ClF5NO2. The second-order valence-corrected chi connectivity index (χ2v) is 4.52. The Balaban J connectivity index is 2.58. The number of nitrogens with one attached hydrogen (secondary N) is 1. The molecule has 2 rings (SSSR count). The first-order chi connectivity index (χ1) is 9.13. The van der Waals surface area contributed by atoms with Crippen molar-refractivity contribution in [2.24, 2.45) is 0 Å². The van der Waals surface area contributed by atoms with Crippen LogP contribution in [0.2, 0.25) is 5.02 Å². The third-order valence-electron chi connectivity index (χ3n) is 2.73. The highest BCUT2D eigenvalue weighted by atomic mass is 35.5. The first kappa shape index (κ1) is 14.8. The summed E-state index contributed by atoms with van der Waals surface area (Å²) < 4.78 is 70.2. The van der Waals surface area contributed by atoms with Gasteiger partial charge in [-0.25, -0.2) is 13.6 Å². The van der Waals surface area contributed by atoms with Gasteiger partial charge in [0.05, 0.1) is 5.56 Å². The molecule has 0 radical (unpaired) electrons. The van der Waals surface area contributed by atoms with Crippen molar-refractivity contribution in [3.63, 3.8) is 0 Å². The Morgan fingerprint density at radius 3 is 2.60 bits per heavy atom. The third-order valence-corrected chi connectivity index (χ3v) is 3.06. The maximum Gasteiger partial charge on any atom is 0.416 e. The fourth-order valence-corrected chi connectivity index (χ4v) is 2.15. The van der Waals surface area contributed by atoms with Crippen molar-refractivity contribution < 1.29 is 31.5 Å². The van der Waals surface area contributed by atoms with E-state index in [0.29, 0.717) is 6.07 Å². The number of benzene rings is 1. The van der Waals surface area contributed by atoms with Gasteiger partial charge in [0.25, 0.3) is 0 Å². The van der Waals surface area contributed by atoms with Crippen LogP contribution in [0.3, 0.4) is 0 Å². The van der Waals surface area contributed by atoms with E-state index in [1.165, 1.54) is 0 Å². The van der Waals surface area contributed by atoms with Crippen LogP contribution >= 0.6 is 11.6 Å². The second-order valence-electron chi connectivity index (χ2n) is 4.11. The van der Waals surface area contributed by atoms with Crippen LogP contribution in [-0.4, -0.2) is 18.6 Å². The monoisotopic (exact) mass is 315 g/mol. The van der Waals surface area contributed by atoms with E-state index < -0.39 is 47.0 Å². The number of halogens is 6. The van der Waals surface area contributed by atoms with Gasteiger partial charge in [0, 0.05) is 10.6 Å². The number of alkyl carbamates (subject to hydrolysis) is 1. The summed E-state index contributed by atoms with van der Waals surface area (Å²) in [6.07, 6.45) is -6.10. The number of hydrogen-bond acceptors (Lipinski definition) is 2. The largest absolute Gasteiger partial charge is 0.443 e. The lowest BCUT2D eigenvalue weighted by molar-refractivity contribution is -0.141. The van der Waals surface area contributed by atoms with Gasteiger partial charge in [0.15, 0.2) is 6.61 Å². The minimum absolute atomic E-state index is 0.508. The summed E-state index contributed by atoms with van der Waals surface area (Å²) in [5.41, 5.74) is -2.19. The Kier molecular flexibility index (Phi) is 3.53. The van der Waals surface area contributed by atoms with E-state index in [-0.39, 0.29) is 0 Å². The molecule has 1 saturated heterocycles. The van der Waals surface area contributed by atoms with Crippen molar-refractivity contribution >= 4 is 17.7 Å². The number of carbonyl (C=O) groups is 1. The minimum atomic E-state index is -4.88. The summed E-state index contributed by atoms with van der Waals surface area (Å²) in [7, 11) is 0. The quantitative estimate of drug-likeness (QED) is 0.801. The Labute approximate surface area is 114 Å². The third kappa shape index (κ3) is 2.65. The van der Waals surface area contributed by atoms with E-state index in [9.17, 15) is 26.7 Å². The molecule has 9 heteroatoms. The summed E-state index contributed by atoms with van der Waals surface area (Å²) in [5, 5.41) is 1.17. The van der Waals surface area contributed by atoms with Gasteiger partial charge < -0.3 is 10.1 Å². The van der Waals surface area contributed by atoms with Crippen LogP contribution in [-0.2, 0) is 10.9 Å². The van der Waals surface area contributed by atoms with Crippen molar-refractivity contribution in [2.75, 3.05) is 6.61 Å². The summed E-state index contributed by atoms with van der Waals surface area (Å²) >= 11 is 5.62. The predicted molar refractivity (Wildman–Crippen MR) is 58.6 cm³/mol. The lowest BCUT2D eigenvalue weighted by Gasteiger charge is -2.33. The smallest absolute Gasteiger partial charge is 0.416 e. The van der Waals surface area contributed by atoms with Crippen LogP contribution in [0.4, 0.5) is 26.7 Å². The first-order valence-electron chi connectivity index (χ1n) is 5.29. The number of rotatable bonds is 1. The van der Waals surface area contributed by atoms with Crippen molar-refractivity contribution in [1.82, 2.24) is 5.32 Å². The fraction of sp³-hybridized carbons (Fsp3) is 0.364. The van der Waals surface area contributed by atoms with E-state index >= 15 is 0 Å². The van der Waals surface area contributed by atoms with E-state index in [4.69, 9.17) is 11.6 Å². The SMILES string of the molecule is O=C1N[C@H](c2c(Cl)cccc2C(F)(F)F)C(F)(F)CO1. The molecule has 1 aliphatic heterocycles. The van der Waals surface area contributed by atoms with Gasteiger partial charge in [-0.3, -0.25) is 0 Å². The molecule has 110 valence electrons. The average Bonchev–Trinajstić information content (AvgIpc) is 2.31. The molecule has 1 heterocycles. The van der Waals surface area contributed by atoms with Crippen molar-refractivity contribution in [1.29, 1.82) is 0 Å².